The molecule has 1 aliphatic rings. The van der Waals surface area contributed by atoms with Crippen LogP contribution in [0.2, 0.25) is 0 Å². The molecular formula is C21H24N4. The van der Waals surface area contributed by atoms with E-state index in [4.69, 9.17) is 0 Å². The molecule has 0 radical (unpaired) electrons. The number of piperazine rings is 1. The molecular weight excluding hydrogens is 308 g/mol. The normalized spacial score (nSPS) is 16.2. The SMILES string of the molecule is c1ccc(CN2CCN(Cc3cccn3-c3cccnc3)CC2)cc1. The minimum absolute atomic E-state index is 0.987. The maximum atomic E-state index is 4.24. The van der Waals surface area contributed by atoms with Gasteiger partial charge in [-0.3, -0.25) is 14.8 Å². The fraction of sp³-hybridized carbons (Fsp3) is 0.286. The molecule has 3 heterocycles. The second-order valence-corrected chi connectivity index (χ2v) is 6.62. The van der Waals surface area contributed by atoms with E-state index in [9.17, 15) is 0 Å². The number of hydrogen-bond donors (Lipinski definition) is 0. The zero-order valence-corrected chi connectivity index (χ0v) is 14.5. The van der Waals surface area contributed by atoms with Crippen LogP contribution in [-0.4, -0.2) is 45.5 Å². The monoisotopic (exact) mass is 332 g/mol. The standard InChI is InChI=1S/C21H24N4/c1-2-6-19(7-3-1)17-23-12-14-24(15-13-23)18-21-9-5-11-25(21)20-8-4-10-22-16-20/h1-11,16H,12-15,17-18H2. The average Bonchev–Trinajstić information content (AvgIpc) is 3.13. The molecule has 3 aromatic rings. The molecule has 0 unspecified atom stereocenters. The van der Waals surface area contributed by atoms with E-state index in [2.05, 4.69) is 74.1 Å². The molecule has 4 nitrogen and oxygen atoms in total. The molecule has 4 rings (SSSR count). The summed E-state index contributed by atoms with van der Waals surface area (Å²) in [6.07, 6.45) is 5.86. The topological polar surface area (TPSA) is 24.3 Å². The second kappa shape index (κ2) is 7.64. The molecule has 0 amide bonds. The van der Waals surface area contributed by atoms with Gasteiger partial charge >= 0.3 is 0 Å². The molecule has 0 spiro atoms. The van der Waals surface area contributed by atoms with Gasteiger partial charge in [-0.25, -0.2) is 0 Å². The number of hydrogen-bond acceptors (Lipinski definition) is 3. The summed E-state index contributed by atoms with van der Waals surface area (Å²) >= 11 is 0. The summed E-state index contributed by atoms with van der Waals surface area (Å²) < 4.78 is 2.24. The van der Waals surface area contributed by atoms with Crippen LogP contribution in [0.4, 0.5) is 0 Å². The van der Waals surface area contributed by atoms with Gasteiger partial charge in [0.2, 0.25) is 0 Å². The maximum absolute atomic E-state index is 4.24. The van der Waals surface area contributed by atoms with Crippen LogP contribution in [0.3, 0.4) is 0 Å². The molecule has 0 aliphatic carbocycles. The Balaban J connectivity index is 1.34. The van der Waals surface area contributed by atoms with E-state index in [-0.39, 0.29) is 0 Å². The van der Waals surface area contributed by atoms with Crippen molar-refractivity contribution >= 4 is 0 Å². The van der Waals surface area contributed by atoms with E-state index in [1.54, 1.807) is 0 Å². The van der Waals surface area contributed by atoms with Gasteiger partial charge in [0.1, 0.15) is 0 Å². The lowest BCUT2D eigenvalue weighted by Gasteiger charge is -2.34. The number of rotatable bonds is 5. The highest BCUT2D eigenvalue weighted by Gasteiger charge is 2.18. The minimum atomic E-state index is 0.987. The van der Waals surface area contributed by atoms with Crippen molar-refractivity contribution < 1.29 is 0 Å². The fourth-order valence-electron chi connectivity index (χ4n) is 3.47. The molecule has 128 valence electrons. The average molecular weight is 332 g/mol. The first-order chi connectivity index (χ1) is 12.4. The Morgan fingerprint density at radius 2 is 1.52 bits per heavy atom. The van der Waals surface area contributed by atoms with Crippen LogP contribution < -0.4 is 0 Å². The van der Waals surface area contributed by atoms with Crippen molar-refractivity contribution in [2.75, 3.05) is 26.2 Å². The Hall–Kier alpha value is -2.43. The molecule has 2 aromatic heterocycles. The van der Waals surface area contributed by atoms with E-state index in [1.807, 2.05) is 18.5 Å². The molecule has 1 aromatic carbocycles. The van der Waals surface area contributed by atoms with Crippen LogP contribution in [0.1, 0.15) is 11.3 Å². The van der Waals surface area contributed by atoms with E-state index < -0.39 is 0 Å². The molecule has 1 saturated heterocycles. The smallest absolute Gasteiger partial charge is 0.0636 e. The lowest BCUT2D eigenvalue weighted by molar-refractivity contribution is 0.120. The summed E-state index contributed by atoms with van der Waals surface area (Å²) in [6, 6.07) is 19.2. The van der Waals surface area contributed by atoms with Crippen LogP contribution in [0, 0.1) is 0 Å². The fourth-order valence-corrected chi connectivity index (χ4v) is 3.47. The predicted octanol–water partition coefficient (Wildman–Crippen LogP) is 3.19. The Labute approximate surface area is 149 Å². The number of aromatic nitrogens is 2. The zero-order chi connectivity index (χ0) is 16.9. The summed E-state index contributed by atoms with van der Waals surface area (Å²) in [6.45, 7) is 6.53. The molecule has 1 fully saturated rings. The van der Waals surface area contributed by atoms with Gasteiger partial charge in [-0.1, -0.05) is 30.3 Å². The van der Waals surface area contributed by atoms with Gasteiger partial charge in [0, 0.05) is 57.4 Å². The Bertz CT molecular complexity index is 774. The van der Waals surface area contributed by atoms with Crippen LogP contribution in [0.25, 0.3) is 5.69 Å². The molecule has 1 aliphatic heterocycles. The molecule has 0 bridgehead atoms. The quantitative estimate of drug-likeness (QED) is 0.717. The zero-order valence-electron chi connectivity index (χ0n) is 14.5. The first-order valence-electron chi connectivity index (χ1n) is 8.94. The van der Waals surface area contributed by atoms with E-state index >= 15 is 0 Å². The van der Waals surface area contributed by atoms with Gasteiger partial charge in [0.25, 0.3) is 0 Å². The van der Waals surface area contributed by atoms with Gasteiger partial charge in [0.15, 0.2) is 0 Å². The Morgan fingerprint density at radius 3 is 2.24 bits per heavy atom. The van der Waals surface area contributed by atoms with E-state index in [0.29, 0.717) is 0 Å². The molecule has 4 heteroatoms. The molecule has 25 heavy (non-hydrogen) atoms. The van der Waals surface area contributed by atoms with Gasteiger partial charge in [-0.05, 0) is 29.8 Å². The number of nitrogens with zero attached hydrogens (tertiary/aromatic N) is 4. The highest BCUT2D eigenvalue weighted by atomic mass is 15.3. The Kier molecular flexibility index (Phi) is 4.91. The third-order valence-electron chi connectivity index (χ3n) is 4.86. The highest BCUT2D eigenvalue weighted by Crippen LogP contribution is 2.15. The van der Waals surface area contributed by atoms with Crippen LogP contribution in [0.15, 0.2) is 73.2 Å². The van der Waals surface area contributed by atoms with Gasteiger partial charge in [0.05, 0.1) is 11.9 Å². The summed E-state index contributed by atoms with van der Waals surface area (Å²) in [5.74, 6) is 0. The van der Waals surface area contributed by atoms with Crippen molar-refractivity contribution in [2.24, 2.45) is 0 Å². The number of benzene rings is 1. The molecule has 0 N–H and O–H groups in total. The molecule has 0 atom stereocenters. The highest BCUT2D eigenvalue weighted by molar-refractivity contribution is 5.32. The van der Waals surface area contributed by atoms with Crippen molar-refractivity contribution in [3.8, 4) is 5.69 Å². The number of pyridine rings is 1. The Morgan fingerprint density at radius 1 is 0.760 bits per heavy atom. The summed E-state index contributed by atoms with van der Waals surface area (Å²) in [5.41, 5.74) is 3.86. The lowest BCUT2D eigenvalue weighted by Crippen LogP contribution is -2.45. The van der Waals surface area contributed by atoms with Crippen molar-refractivity contribution in [1.29, 1.82) is 0 Å². The van der Waals surface area contributed by atoms with E-state index in [1.165, 1.54) is 11.3 Å². The summed E-state index contributed by atoms with van der Waals surface area (Å²) in [7, 11) is 0. The maximum Gasteiger partial charge on any atom is 0.0636 e. The summed E-state index contributed by atoms with van der Waals surface area (Å²) in [5, 5.41) is 0. The van der Waals surface area contributed by atoms with Gasteiger partial charge in [-0.2, -0.15) is 0 Å². The van der Waals surface area contributed by atoms with E-state index in [0.717, 1.165) is 45.0 Å². The van der Waals surface area contributed by atoms with Crippen LogP contribution in [-0.2, 0) is 13.1 Å². The lowest BCUT2D eigenvalue weighted by atomic mass is 10.2. The van der Waals surface area contributed by atoms with Crippen molar-refractivity contribution in [2.45, 2.75) is 13.1 Å². The third-order valence-corrected chi connectivity index (χ3v) is 4.86. The first kappa shape index (κ1) is 16.1. The second-order valence-electron chi connectivity index (χ2n) is 6.62. The van der Waals surface area contributed by atoms with Gasteiger partial charge in [-0.15, -0.1) is 0 Å². The predicted molar refractivity (Wildman–Crippen MR) is 101 cm³/mol. The molecule has 0 saturated carbocycles. The van der Waals surface area contributed by atoms with Crippen LogP contribution >= 0.6 is 0 Å². The van der Waals surface area contributed by atoms with Crippen LogP contribution in [0.5, 0.6) is 0 Å². The minimum Gasteiger partial charge on any atom is -0.318 e. The largest absolute Gasteiger partial charge is 0.318 e. The van der Waals surface area contributed by atoms with Crippen molar-refractivity contribution in [3.05, 3.63) is 84.4 Å². The summed E-state index contributed by atoms with van der Waals surface area (Å²) in [4.78, 5) is 9.33. The van der Waals surface area contributed by atoms with Crippen molar-refractivity contribution in [3.63, 3.8) is 0 Å². The first-order valence-corrected chi connectivity index (χ1v) is 8.94. The van der Waals surface area contributed by atoms with Gasteiger partial charge < -0.3 is 4.57 Å². The van der Waals surface area contributed by atoms with Crippen molar-refractivity contribution in [1.82, 2.24) is 19.4 Å². The third kappa shape index (κ3) is 3.98.